The molecule has 39 heavy (non-hydrogen) atoms. The number of nitro benzene ring substituents is 1. The van der Waals surface area contributed by atoms with Crippen molar-refractivity contribution in [2.45, 2.75) is 128 Å². The van der Waals surface area contributed by atoms with E-state index in [2.05, 4.69) is 12.2 Å². The van der Waals surface area contributed by atoms with E-state index >= 15 is 0 Å². The largest absolute Gasteiger partial charge is 0.460 e. The van der Waals surface area contributed by atoms with Crippen molar-refractivity contribution in [2.75, 3.05) is 11.9 Å². The number of nitro groups is 1. The minimum absolute atomic E-state index is 0.0147. The first kappa shape index (κ1) is 32.9. The number of nitrogens with one attached hydrogen (secondary N) is 1. The summed E-state index contributed by atoms with van der Waals surface area (Å²) in [5.41, 5.74) is -0.256. The van der Waals surface area contributed by atoms with E-state index in [1.807, 2.05) is 0 Å². The molecule has 11 nitrogen and oxygen atoms in total. The van der Waals surface area contributed by atoms with Gasteiger partial charge in [-0.3, -0.25) is 14.9 Å². The summed E-state index contributed by atoms with van der Waals surface area (Å²) in [7, 11) is 0. The number of aliphatic hydroxyl groups excluding tert-OH is 4. The van der Waals surface area contributed by atoms with Crippen LogP contribution in [0.4, 0.5) is 11.4 Å². The Morgan fingerprint density at radius 1 is 0.923 bits per heavy atom. The standard InChI is InChI=1S/C28H46N2O9/c1-2-3-4-5-6-7-8-9-10-11-12-13-14-15-24(32)29-21-18-20(30(36)37)16-17-22(21)38-28-27(35)26(34)25(33)23(19-31)39-28/h16-18,23,25-28,31,33-35H,2-15,19H2,1H3,(H,29,32)/t23-,25-,26+,27-,28-/m1/s1. The third-order valence-corrected chi connectivity index (χ3v) is 7.05. The molecule has 1 aromatic rings. The number of anilines is 1. The van der Waals surface area contributed by atoms with Gasteiger partial charge in [-0.25, -0.2) is 0 Å². The highest BCUT2D eigenvalue weighted by Gasteiger charge is 2.45. The summed E-state index contributed by atoms with van der Waals surface area (Å²) < 4.78 is 11.0. The number of benzene rings is 1. The van der Waals surface area contributed by atoms with Gasteiger partial charge in [-0.05, 0) is 12.5 Å². The summed E-state index contributed by atoms with van der Waals surface area (Å²) in [6, 6.07) is 3.56. The second kappa shape index (κ2) is 18.1. The maximum atomic E-state index is 12.6. The minimum atomic E-state index is -1.66. The fraction of sp³-hybridized carbons (Fsp3) is 0.750. The number of carbonyl (C=O) groups excluding carboxylic acids is 1. The average molecular weight is 555 g/mol. The molecule has 0 aromatic heterocycles. The number of amides is 1. The molecule has 11 heteroatoms. The van der Waals surface area contributed by atoms with Crippen LogP contribution in [0.1, 0.15) is 96.8 Å². The number of carbonyl (C=O) groups is 1. The summed E-state index contributed by atoms with van der Waals surface area (Å²) in [6.45, 7) is 1.60. The molecule has 0 saturated carbocycles. The van der Waals surface area contributed by atoms with Crippen LogP contribution < -0.4 is 10.1 Å². The Labute approximate surface area is 230 Å². The van der Waals surface area contributed by atoms with Gasteiger partial charge >= 0.3 is 0 Å². The Morgan fingerprint density at radius 2 is 1.49 bits per heavy atom. The van der Waals surface area contributed by atoms with Crippen molar-refractivity contribution in [2.24, 2.45) is 0 Å². The van der Waals surface area contributed by atoms with E-state index in [1.165, 1.54) is 69.9 Å². The molecule has 0 unspecified atom stereocenters. The van der Waals surface area contributed by atoms with Gasteiger partial charge in [0.25, 0.3) is 5.69 Å². The highest BCUT2D eigenvalue weighted by molar-refractivity contribution is 5.92. The van der Waals surface area contributed by atoms with Gasteiger partial charge in [-0.2, -0.15) is 0 Å². The van der Waals surface area contributed by atoms with E-state index in [9.17, 15) is 35.3 Å². The summed E-state index contributed by atoms with van der Waals surface area (Å²) in [4.78, 5) is 23.2. The zero-order valence-electron chi connectivity index (χ0n) is 23.0. The second-order valence-corrected chi connectivity index (χ2v) is 10.3. The first-order chi connectivity index (χ1) is 18.8. The maximum Gasteiger partial charge on any atom is 0.271 e. The SMILES string of the molecule is CCCCCCCCCCCCCCCC(=O)Nc1cc([N+](=O)[O-])ccc1O[C@@H]1O[C@H](CO)[C@@H](O)[C@H](O)[C@H]1O. The molecule has 1 aliphatic rings. The zero-order chi connectivity index (χ0) is 28.6. The van der Waals surface area contributed by atoms with Crippen molar-refractivity contribution >= 4 is 17.3 Å². The number of hydrogen-bond acceptors (Lipinski definition) is 9. The van der Waals surface area contributed by atoms with E-state index in [0.717, 1.165) is 25.3 Å². The van der Waals surface area contributed by atoms with Crippen LogP contribution in [0.5, 0.6) is 5.75 Å². The topological polar surface area (TPSA) is 172 Å². The lowest BCUT2D eigenvalue weighted by Gasteiger charge is -2.39. The van der Waals surface area contributed by atoms with Gasteiger partial charge in [-0.1, -0.05) is 84.0 Å². The maximum absolute atomic E-state index is 12.6. The molecule has 1 aliphatic heterocycles. The lowest BCUT2D eigenvalue weighted by molar-refractivity contribution is -0.384. The number of ether oxygens (including phenoxy) is 2. The molecule has 5 N–H and O–H groups in total. The Balaban J connectivity index is 1.78. The Morgan fingerprint density at radius 3 is 2.03 bits per heavy atom. The van der Waals surface area contributed by atoms with Crippen molar-refractivity contribution in [3.8, 4) is 5.75 Å². The number of hydrogen-bond donors (Lipinski definition) is 5. The molecular formula is C28H46N2O9. The van der Waals surface area contributed by atoms with Crippen LogP contribution in [0, 0.1) is 10.1 Å². The fourth-order valence-electron chi connectivity index (χ4n) is 4.64. The van der Waals surface area contributed by atoms with Gasteiger partial charge in [-0.15, -0.1) is 0 Å². The van der Waals surface area contributed by atoms with Crippen molar-refractivity contribution in [1.82, 2.24) is 0 Å². The number of rotatable bonds is 19. The molecule has 2 rings (SSSR count). The van der Waals surface area contributed by atoms with Crippen LogP contribution in [0.25, 0.3) is 0 Å². The number of aliphatic hydroxyl groups is 4. The van der Waals surface area contributed by atoms with Crippen LogP contribution in [0.15, 0.2) is 18.2 Å². The predicted octanol–water partition coefficient (Wildman–Crippen LogP) is 4.19. The van der Waals surface area contributed by atoms with Crippen LogP contribution in [-0.4, -0.2) is 68.6 Å². The van der Waals surface area contributed by atoms with Crippen molar-refractivity contribution < 1.29 is 39.6 Å². The normalized spacial score (nSPS) is 22.9. The average Bonchev–Trinajstić information content (AvgIpc) is 2.92. The highest BCUT2D eigenvalue weighted by atomic mass is 16.7. The Hall–Kier alpha value is -2.31. The Bertz CT molecular complexity index is 867. The number of unbranched alkanes of at least 4 members (excludes halogenated alkanes) is 12. The first-order valence-corrected chi connectivity index (χ1v) is 14.3. The fourth-order valence-corrected chi connectivity index (χ4v) is 4.64. The number of nitrogens with zero attached hydrogens (tertiary/aromatic N) is 1. The highest BCUT2D eigenvalue weighted by Crippen LogP contribution is 2.33. The molecule has 0 aliphatic carbocycles. The number of non-ortho nitro benzene ring substituents is 1. The van der Waals surface area contributed by atoms with E-state index in [4.69, 9.17) is 9.47 Å². The second-order valence-electron chi connectivity index (χ2n) is 10.3. The smallest absolute Gasteiger partial charge is 0.271 e. The van der Waals surface area contributed by atoms with Gasteiger partial charge in [0.15, 0.2) is 0 Å². The van der Waals surface area contributed by atoms with Crippen LogP contribution in [0.3, 0.4) is 0 Å². The van der Waals surface area contributed by atoms with Gasteiger partial charge in [0.1, 0.15) is 30.2 Å². The first-order valence-electron chi connectivity index (χ1n) is 14.3. The molecule has 1 fully saturated rings. The van der Waals surface area contributed by atoms with Gasteiger partial charge in [0, 0.05) is 18.6 Å². The summed E-state index contributed by atoms with van der Waals surface area (Å²) >= 11 is 0. The van der Waals surface area contributed by atoms with Gasteiger partial charge < -0.3 is 35.2 Å². The van der Waals surface area contributed by atoms with E-state index in [1.54, 1.807) is 0 Å². The molecule has 1 heterocycles. The van der Waals surface area contributed by atoms with E-state index in [-0.39, 0.29) is 29.5 Å². The summed E-state index contributed by atoms with van der Waals surface area (Å²) in [6.07, 6.45) is 8.15. The quantitative estimate of drug-likeness (QED) is 0.0955. The van der Waals surface area contributed by atoms with Gasteiger partial charge in [0.05, 0.1) is 17.2 Å². The molecule has 0 bridgehead atoms. The van der Waals surface area contributed by atoms with E-state index < -0.39 is 42.2 Å². The predicted molar refractivity (Wildman–Crippen MR) is 146 cm³/mol. The Kier molecular flexibility index (Phi) is 15.3. The van der Waals surface area contributed by atoms with Crippen molar-refractivity contribution in [1.29, 1.82) is 0 Å². The van der Waals surface area contributed by atoms with Crippen molar-refractivity contribution in [3.05, 3.63) is 28.3 Å². The van der Waals surface area contributed by atoms with Crippen LogP contribution in [0.2, 0.25) is 0 Å². The zero-order valence-corrected chi connectivity index (χ0v) is 23.0. The molecule has 222 valence electrons. The molecule has 0 spiro atoms. The van der Waals surface area contributed by atoms with E-state index in [0.29, 0.717) is 6.42 Å². The minimum Gasteiger partial charge on any atom is -0.460 e. The molecule has 5 atom stereocenters. The van der Waals surface area contributed by atoms with Crippen LogP contribution >= 0.6 is 0 Å². The van der Waals surface area contributed by atoms with Crippen molar-refractivity contribution in [3.63, 3.8) is 0 Å². The molecule has 0 radical (unpaired) electrons. The molecule has 1 amide bonds. The summed E-state index contributed by atoms with van der Waals surface area (Å²) in [5.74, 6) is -0.360. The summed E-state index contributed by atoms with van der Waals surface area (Å²) in [5, 5.41) is 53.5. The van der Waals surface area contributed by atoms with Gasteiger partial charge in [0.2, 0.25) is 12.2 Å². The lowest BCUT2D eigenvalue weighted by Crippen LogP contribution is -2.60. The monoisotopic (exact) mass is 554 g/mol. The third-order valence-electron chi connectivity index (χ3n) is 7.05. The van der Waals surface area contributed by atoms with Crippen LogP contribution in [-0.2, 0) is 9.53 Å². The molecule has 1 saturated heterocycles. The molecule has 1 aromatic carbocycles. The third kappa shape index (κ3) is 11.4. The lowest BCUT2D eigenvalue weighted by atomic mass is 9.99. The molecular weight excluding hydrogens is 508 g/mol.